The van der Waals surface area contributed by atoms with E-state index in [1.807, 2.05) is 4.90 Å². The zero-order chi connectivity index (χ0) is 15.2. The summed E-state index contributed by atoms with van der Waals surface area (Å²) in [5.41, 5.74) is 7.97. The Morgan fingerprint density at radius 3 is 2.71 bits per heavy atom. The highest BCUT2D eigenvalue weighted by Crippen LogP contribution is 2.28. The fourth-order valence-electron chi connectivity index (χ4n) is 2.82. The Hall–Kier alpha value is -1.89. The largest absolute Gasteiger partial charge is 0.368 e. The quantitative estimate of drug-likeness (QED) is 0.510. The van der Waals surface area contributed by atoms with E-state index in [2.05, 4.69) is 22.3 Å². The number of hydrogen-bond acceptors (Lipinski definition) is 6. The van der Waals surface area contributed by atoms with Crippen LogP contribution in [0.4, 0.5) is 11.6 Å². The highest BCUT2D eigenvalue weighted by atomic mass is 16.1. The highest BCUT2D eigenvalue weighted by Gasteiger charge is 2.25. The third-order valence-electron chi connectivity index (χ3n) is 3.77. The van der Waals surface area contributed by atoms with Crippen molar-refractivity contribution in [3.8, 4) is 0 Å². The summed E-state index contributed by atoms with van der Waals surface area (Å²) in [6.45, 7) is 2.25. The predicted molar refractivity (Wildman–Crippen MR) is 82.6 cm³/mol. The second kappa shape index (κ2) is 7.21. The van der Waals surface area contributed by atoms with Gasteiger partial charge in [-0.25, -0.2) is 15.8 Å². The molecule has 0 unspecified atom stereocenters. The number of aryl methyl sites for hydroxylation is 1. The maximum atomic E-state index is 11.4. The van der Waals surface area contributed by atoms with E-state index < -0.39 is 0 Å². The van der Waals surface area contributed by atoms with E-state index in [9.17, 15) is 4.79 Å². The van der Waals surface area contributed by atoms with Crippen LogP contribution in [0.3, 0.4) is 0 Å². The maximum Gasteiger partial charge on any atom is 0.237 e. The number of hydrogen-bond donors (Lipinski definition) is 3. The molecule has 1 aliphatic rings. The summed E-state index contributed by atoms with van der Waals surface area (Å²) in [6.07, 6.45) is 6.20. The van der Waals surface area contributed by atoms with Crippen LogP contribution in [-0.2, 0) is 11.2 Å². The summed E-state index contributed by atoms with van der Waals surface area (Å²) in [6, 6.07) is 2.09. The van der Waals surface area contributed by atoms with Gasteiger partial charge in [0.1, 0.15) is 17.5 Å². The van der Waals surface area contributed by atoms with E-state index in [0.717, 1.165) is 37.3 Å². The molecule has 0 bridgehead atoms. The van der Waals surface area contributed by atoms with E-state index in [0.29, 0.717) is 11.9 Å². The topological polar surface area (TPSA) is 110 Å². The van der Waals surface area contributed by atoms with Crippen LogP contribution >= 0.6 is 0 Å². The van der Waals surface area contributed by atoms with Crippen molar-refractivity contribution >= 4 is 17.5 Å². The van der Waals surface area contributed by atoms with Gasteiger partial charge in [-0.2, -0.15) is 0 Å². The molecule has 7 nitrogen and oxygen atoms in total. The molecule has 5 N–H and O–H groups in total. The molecule has 0 aliphatic heterocycles. The predicted octanol–water partition coefficient (Wildman–Crippen LogP) is 0.949. The normalized spacial score (nSPS) is 15.1. The monoisotopic (exact) mass is 292 g/mol. The third-order valence-corrected chi connectivity index (χ3v) is 3.77. The minimum atomic E-state index is -0.347. The van der Waals surface area contributed by atoms with E-state index in [4.69, 9.17) is 11.6 Å². The van der Waals surface area contributed by atoms with Gasteiger partial charge >= 0.3 is 0 Å². The summed E-state index contributed by atoms with van der Waals surface area (Å²) in [5.74, 6) is 7.17. The number of anilines is 2. The number of carbonyl (C=O) groups excluding carboxylic acids is 1. The van der Waals surface area contributed by atoms with E-state index >= 15 is 0 Å². The van der Waals surface area contributed by atoms with Gasteiger partial charge in [-0.15, -0.1) is 0 Å². The smallest absolute Gasteiger partial charge is 0.237 e. The fraction of sp³-hybridized carbons (Fsp3) is 0.643. The number of aromatic nitrogens is 2. The van der Waals surface area contributed by atoms with Crippen molar-refractivity contribution in [2.75, 3.05) is 16.9 Å². The molecule has 1 amide bonds. The Labute approximate surface area is 125 Å². The number of nitrogens with two attached hydrogens (primary N) is 2. The van der Waals surface area contributed by atoms with Gasteiger partial charge in [0.15, 0.2) is 0 Å². The number of nitrogens with zero attached hydrogens (tertiary/aromatic N) is 3. The van der Waals surface area contributed by atoms with Crippen LogP contribution in [0, 0.1) is 0 Å². The number of nitrogen functional groups attached to an aromatic ring is 1. The average molecular weight is 292 g/mol. The zero-order valence-electron chi connectivity index (χ0n) is 12.5. The number of primary amides is 1. The van der Waals surface area contributed by atoms with Crippen LogP contribution in [-0.4, -0.2) is 28.5 Å². The van der Waals surface area contributed by atoms with Gasteiger partial charge < -0.3 is 16.1 Å². The van der Waals surface area contributed by atoms with Crippen LogP contribution in [0.5, 0.6) is 0 Å². The van der Waals surface area contributed by atoms with E-state index in [1.54, 1.807) is 6.07 Å². The van der Waals surface area contributed by atoms with Crippen molar-refractivity contribution in [2.24, 2.45) is 11.6 Å². The Balaban J connectivity index is 2.32. The molecular formula is C14H24N6O. The first-order valence-corrected chi connectivity index (χ1v) is 7.53. The molecule has 1 aromatic rings. The van der Waals surface area contributed by atoms with Crippen molar-refractivity contribution in [1.82, 2.24) is 9.97 Å². The van der Waals surface area contributed by atoms with Crippen molar-refractivity contribution < 1.29 is 4.79 Å². The number of carbonyl (C=O) groups is 1. The number of hydrazine groups is 1. The molecule has 1 fully saturated rings. The van der Waals surface area contributed by atoms with Crippen LogP contribution in [0.1, 0.15) is 44.9 Å². The molecule has 0 saturated heterocycles. The minimum Gasteiger partial charge on any atom is -0.368 e. The maximum absolute atomic E-state index is 11.4. The SMILES string of the molecule is CCCc1nc(NN)cc(N(CC(N)=O)C2CCCC2)n1. The van der Waals surface area contributed by atoms with Crippen LogP contribution in [0.15, 0.2) is 6.07 Å². The van der Waals surface area contributed by atoms with Crippen LogP contribution in [0.25, 0.3) is 0 Å². The summed E-state index contributed by atoms with van der Waals surface area (Å²) >= 11 is 0. The van der Waals surface area contributed by atoms with Gasteiger partial charge in [-0.3, -0.25) is 4.79 Å². The molecule has 1 aromatic heterocycles. The Kier molecular flexibility index (Phi) is 5.32. The molecule has 0 radical (unpaired) electrons. The van der Waals surface area contributed by atoms with Gasteiger partial charge in [0, 0.05) is 18.5 Å². The van der Waals surface area contributed by atoms with Crippen molar-refractivity contribution in [1.29, 1.82) is 0 Å². The first-order valence-electron chi connectivity index (χ1n) is 7.53. The number of nitrogens with one attached hydrogen (secondary N) is 1. The highest BCUT2D eigenvalue weighted by molar-refractivity contribution is 5.79. The van der Waals surface area contributed by atoms with Crippen molar-refractivity contribution in [2.45, 2.75) is 51.5 Å². The average Bonchev–Trinajstić information content (AvgIpc) is 2.98. The lowest BCUT2D eigenvalue weighted by Gasteiger charge is -2.29. The number of rotatable bonds is 7. The molecular weight excluding hydrogens is 268 g/mol. The van der Waals surface area contributed by atoms with Gasteiger partial charge in [0.05, 0.1) is 6.54 Å². The summed E-state index contributed by atoms with van der Waals surface area (Å²) in [4.78, 5) is 22.3. The van der Waals surface area contributed by atoms with Crippen LogP contribution in [0.2, 0.25) is 0 Å². The van der Waals surface area contributed by atoms with Gasteiger partial charge in [-0.1, -0.05) is 19.8 Å². The third kappa shape index (κ3) is 4.04. The molecule has 116 valence electrons. The van der Waals surface area contributed by atoms with Crippen LogP contribution < -0.4 is 21.9 Å². The molecule has 21 heavy (non-hydrogen) atoms. The number of amides is 1. The molecule has 1 aliphatic carbocycles. The zero-order valence-corrected chi connectivity index (χ0v) is 12.5. The summed E-state index contributed by atoms with van der Waals surface area (Å²) in [7, 11) is 0. The second-order valence-electron chi connectivity index (χ2n) is 5.45. The van der Waals surface area contributed by atoms with Gasteiger partial charge in [-0.05, 0) is 19.3 Å². The van der Waals surface area contributed by atoms with Crippen molar-refractivity contribution in [3.63, 3.8) is 0 Å². The van der Waals surface area contributed by atoms with E-state index in [-0.39, 0.29) is 12.5 Å². The molecule has 0 aromatic carbocycles. The minimum absolute atomic E-state index is 0.178. The molecule has 1 saturated carbocycles. The first kappa shape index (κ1) is 15.5. The Morgan fingerprint density at radius 1 is 1.43 bits per heavy atom. The molecule has 7 heteroatoms. The van der Waals surface area contributed by atoms with Crippen molar-refractivity contribution in [3.05, 3.63) is 11.9 Å². The molecule has 2 rings (SSSR count). The lowest BCUT2D eigenvalue weighted by atomic mass is 10.2. The standard InChI is InChI=1S/C14H24N6O/c1-2-5-12-17-13(19-16)8-14(18-12)20(9-11(15)21)10-6-3-4-7-10/h8,10H,2-7,9,16H2,1H3,(H2,15,21)(H,17,18,19). The summed E-state index contributed by atoms with van der Waals surface area (Å²) < 4.78 is 0. The second-order valence-corrected chi connectivity index (χ2v) is 5.45. The lowest BCUT2D eigenvalue weighted by molar-refractivity contribution is -0.116. The fourth-order valence-corrected chi connectivity index (χ4v) is 2.82. The van der Waals surface area contributed by atoms with Gasteiger partial charge in [0.25, 0.3) is 0 Å². The molecule has 1 heterocycles. The lowest BCUT2D eigenvalue weighted by Crippen LogP contribution is -2.41. The molecule has 0 spiro atoms. The Bertz CT molecular complexity index is 486. The summed E-state index contributed by atoms with van der Waals surface area (Å²) in [5, 5.41) is 0. The molecule has 0 atom stereocenters. The Morgan fingerprint density at radius 2 is 2.14 bits per heavy atom. The first-order chi connectivity index (χ1) is 10.1. The van der Waals surface area contributed by atoms with E-state index in [1.165, 1.54) is 12.8 Å². The van der Waals surface area contributed by atoms with Gasteiger partial charge in [0.2, 0.25) is 5.91 Å².